The maximum atomic E-state index is 5.42. The van der Waals surface area contributed by atoms with Crippen molar-refractivity contribution in [2.45, 2.75) is 6.17 Å². The van der Waals surface area contributed by atoms with Gasteiger partial charge in [-0.05, 0) is 0 Å². The van der Waals surface area contributed by atoms with Crippen LogP contribution in [-0.2, 0) is 0 Å². The molecule has 9 nitrogen and oxygen atoms in total. The number of nitrogens with zero attached hydrogens (tertiary/aromatic N) is 8. The number of aliphatic imine (C=N–C) groups is 3. The van der Waals surface area contributed by atoms with Gasteiger partial charge < -0.3 is 4.90 Å². The summed E-state index contributed by atoms with van der Waals surface area (Å²) >= 11 is 0. The molecular formula is C33H21N9. The fraction of sp³-hybridized carbons (Fsp3) is 0.0606. The van der Waals surface area contributed by atoms with Gasteiger partial charge in [0.2, 0.25) is 0 Å². The molecule has 1 N–H and O–H groups in total. The van der Waals surface area contributed by atoms with E-state index < -0.39 is 0 Å². The van der Waals surface area contributed by atoms with Gasteiger partial charge in [-0.25, -0.2) is 39.8 Å². The second-order valence-electron chi connectivity index (χ2n) is 10.8. The lowest BCUT2D eigenvalue weighted by molar-refractivity contribution is 0.396. The smallest absolute Gasteiger partial charge is 0.165 e. The van der Waals surface area contributed by atoms with Crippen LogP contribution in [0, 0.1) is 0 Å². The summed E-state index contributed by atoms with van der Waals surface area (Å²) in [6, 6.07) is 33.1. The molecule has 1 unspecified atom stereocenters. The van der Waals surface area contributed by atoms with Gasteiger partial charge in [-0.2, -0.15) is 0 Å². The van der Waals surface area contributed by atoms with Crippen molar-refractivity contribution < 1.29 is 0 Å². The Balaban J connectivity index is 1.48. The molecule has 9 heteroatoms. The maximum Gasteiger partial charge on any atom is 0.165 e. The van der Waals surface area contributed by atoms with Crippen molar-refractivity contribution >= 4 is 50.7 Å². The first-order valence-corrected chi connectivity index (χ1v) is 13.9. The molecular weight excluding hydrogens is 522 g/mol. The molecule has 4 aliphatic rings. The number of aromatic nitrogens is 2. The van der Waals surface area contributed by atoms with E-state index in [1.54, 1.807) is 0 Å². The van der Waals surface area contributed by atoms with E-state index in [4.69, 9.17) is 25.0 Å². The molecule has 42 heavy (non-hydrogen) atoms. The van der Waals surface area contributed by atoms with Crippen LogP contribution in [-0.4, -0.2) is 38.8 Å². The van der Waals surface area contributed by atoms with Gasteiger partial charge in [-0.3, -0.25) is 0 Å². The van der Waals surface area contributed by atoms with Crippen molar-refractivity contribution in [3.8, 4) is 0 Å². The topological polar surface area (TPSA) is 86.9 Å². The Hall–Kier alpha value is -5.83. The summed E-state index contributed by atoms with van der Waals surface area (Å²) in [7, 11) is 2.06. The Labute approximate surface area is 238 Å². The van der Waals surface area contributed by atoms with E-state index in [0.717, 1.165) is 66.4 Å². The van der Waals surface area contributed by atoms with Crippen LogP contribution in [0.1, 0.15) is 28.4 Å². The molecule has 2 aromatic heterocycles. The van der Waals surface area contributed by atoms with Crippen molar-refractivity contribution in [2.24, 2.45) is 25.0 Å². The number of amidine groups is 3. The molecule has 4 aromatic carbocycles. The van der Waals surface area contributed by atoms with Gasteiger partial charge in [0.05, 0.1) is 0 Å². The summed E-state index contributed by atoms with van der Waals surface area (Å²) in [4.78, 5) is 28.3. The summed E-state index contributed by atoms with van der Waals surface area (Å²) in [5, 5.41) is 3.92. The highest BCUT2D eigenvalue weighted by Crippen LogP contribution is 2.41. The molecule has 1 atom stereocenters. The first kappa shape index (κ1) is 21.9. The molecule has 0 saturated heterocycles. The second kappa shape index (κ2) is 7.67. The molecule has 6 bridgehead atoms. The quantitative estimate of drug-likeness (QED) is 0.300. The van der Waals surface area contributed by atoms with E-state index in [0.29, 0.717) is 17.5 Å². The molecule has 0 saturated carbocycles. The minimum Gasteiger partial charge on any atom is -0.333 e. The molecule has 0 aliphatic carbocycles. The van der Waals surface area contributed by atoms with Crippen LogP contribution >= 0.6 is 0 Å². The largest absolute Gasteiger partial charge is 0.333 e. The summed E-state index contributed by atoms with van der Waals surface area (Å²) in [6.07, 6.45) is -0.263. The lowest BCUT2D eigenvalue weighted by Crippen LogP contribution is -2.40. The fourth-order valence-electron chi connectivity index (χ4n) is 6.59. The maximum absolute atomic E-state index is 5.42. The van der Waals surface area contributed by atoms with Gasteiger partial charge >= 0.3 is 0 Å². The zero-order valence-corrected chi connectivity index (χ0v) is 22.4. The highest BCUT2D eigenvalue weighted by molar-refractivity contribution is 6.23. The Morgan fingerprint density at radius 3 is 1.86 bits per heavy atom. The van der Waals surface area contributed by atoms with Crippen LogP contribution in [0.5, 0.6) is 0 Å². The summed E-state index contributed by atoms with van der Waals surface area (Å²) in [6.45, 7) is 0. The Kier molecular flexibility index (Phi) is 4.00. The van der Waals surface area contributed by atoms with Gasteiger partial charge in [-0.1, -0.05) is 97.1 Å². The van der Waals surface area contributed by atoms with Gasteiger partial charge in [-0.15, -0.1) is 0 Å². The average Bonchev–Trinajstić information content (AvgIpc) is 3.70. The second-order valence-corrected chi connectivity index (χ2v) is 10.8. The van der Waals surface area contributed by atoms with Crippen molar-refractivity contribution in [3.05, 3.63) is 130 Å². The molecule has 4 aliphatic heterocycles. The number of rotatable bonds is 0. The Morgan fingerprint density at radius 1 is 0.548 bits per heavy atom. The molecule has 6 heterocycles. The first-order chi connectivity index (χ1) is 20.7. The standard InChI is InChI=1S/C33H21N9/c1-40-28-20-12-4-5-13-21(20)29(40)38-33-25-17-9-7-15-23(25)31-36-27-19-11-3-2-10-18(19)26(34-27)35-30-22-14-6-8-16-24(22)32(37-28)41(30)39-42(31)33/h2-17,28,39H,1H3/b35-30?,36-27?,37-32-,38-29-. The molecule has 6 aromatic rings. The van der Waals surface area contributed by atoms with Crippen LogP contribution in [0.3, 0.4) is 0 Å². The van der Waals surface area contributed by atoms with E-state index in [9.17, 15) is 0 Å². The molecule has 198 valence electrons. The van der Waals surface area contributed by atoms with E-state index in [-0.39, 0.29) is 6.17 Å². The molecule has 10 rings (SSSR count). The van der Waals surface area contributed by atoms with Crippen LogP contribution < -0.4 is 16.5 Å². The Bertz CT molecular complexity index is 2420. The minimum absolute atomic E-state index is 0.263. The van der Waals surface area contributed by atoms with Crippen molar-refractivity contribution in [2.75, 3.05) is 12.6 Å². The third-order valence-electron chi connectivity index (χ3n) is 8.55. The number of hydrogen-bond donors (Lipinski definition) is 1. The first-order valence-electron chi connectivity index (χ1n) is 13.9. The molecule has 0 fully saturated rings. The predicted octanol–water partition coefficient (Wildman–Crippen LogP) is 4.73. The van der Waals surface area contributed by atoms with E-state index in [1.165, 1.54) is 0 Å². The number of benzene rings is 4. The van der Waals surface area contributed by atoms with Gasteiger partial charge in [0.25, 0.3) is 0 Å². The third-order valence-corrected chi connectivity index (χ3v) is 8.55. The van der Waals surface area contributed by atoms with Gasteiger partial charge in [0.15, 0.2) is 40.4 Å². The normalized spacial score (nSPS) is 19.5. The van der Waals surface area contributed by atoms with Crippen LogP contribution in [0.4, 0.5) is 11.6 Å². The van der Waals surface area contributed by atoms with Gasteiger partial charge in [0.1, 0.15) is 5.84 Å². The van der Waals surface area contributed by atoms with E-state index in [2.05, 4.69) is 78.1 Å². The SMILES string of the molecule is CN1/C2=N\c3c4ccccc4c4n3Nn3c(c5ccccc5/c3=N/C1c1ccccc12)=NC1=NC(=N4)c2ccccc21. The summed E-state index contributed by atoms with van der Waals surface area (Å²) < 4.78 is 3.92. The predicted molar refractivity (Wildman–Crippen MR) is 163 cm³/mol. The minimum atomic E-state index is -0.263. The van der Waals surface area contributed by atoms with E-state index in [1.807, 2.05) is 45.8 Å². The van der Waals surface area contributed by atoms with Crippen molar-refractivity contribution in [1.82, 2.24) is 14.3 Å². The molecule has 0 amide bonds. The molecule has 0 spiro atoms. The number of nitrogens with one attached hydrogen (secondary N) is 1. The van der Waals surface area contributed by atoms with Crippen LogP contribution in [0.2, 0.25) is 0 Å². The zero-order chi connectivity index (χ0) is 27.5. The van der Waals surface area contributed by atoms with Crippen molar-refractivity contribution in [1.29, 1.82) is 0 Å². The monoisotopic (exact) mass is 543 g/mol. The zero-order valence-electron chi connectivity index (χ0n) is 22.4. The summed E-state index contributed by atoms with van der Waals surface area (Å²) in [5.41, 5.74) is 9.23. The molecule has 0 radical (unpaired) electrons. The van der Waals surface area contributed by atoms with Gasteiger partial charge in [0, 0.05) is 50.8 Å². The third kappa shape index (κ3) is 2.69. The highest BCUT2D eigenvalue weighted by Gasteiger charge is 2.35. The number of hydrogen-bond acceptors (Lipinski definition) is 7. The highest BCUT2D eigenvalue weighted by atomic mass is 15.7. The van der Waals surface area contributed by atoms with Crippen molar-refractivity contribution in [3.63, 3.8) is 0 Å². The fourth-order valence-corrected chi connectivity index (χ4v) is 6.59. The average molecular weight is 544 g/mol. The Morgan fingerprint density at radius 2 is 1.12 bits per heavy atom. The van der Waals surface area contributed by atoms with E-state index >= 15 is 0 Å². The summed E-state index contributed by atoms with van der Waals surface area (Å²) in [5.74, 6) is 3.57. The van der Waals surface area contributed by atoms with Crippen LogP contribution in [0.15, 0.2) is 122 Å². The lowest BCUT2D eigenvalue weighted by Gasteiger charge is -2.22. The number of fused-ring (bicyclic) bond motifs is 15. The van der Waals surface area contributed by atoms with Crippen LogP contribution in [0.25, 0.3) is 21.5 Å². The lowest BCUT2D eigenvalue weighted by atomic mass is 10.1.